The Kier molecular flexibility index (Phi) is 4.30. The molecule has 1 aliphatic rings. The molecule has 2 heterocycles. The van der Waals surface area contributed by atoms with Gasteiger partial charge in [0.15, 0.2) is 21.3 Å². The Labute approximate surface area is 158 Å². The number of aromatic nitrogens is 1. The second-order valence-electron chi connectivity index (χ2n) is 7.06. The van der Waals surface area contributed by atoms with Crippen molar-refractivity contribution in [3.8, 4) is 22.8 Å². The molecule has 2 aromatic carbocycles. The number of pyridine rings is 1. The van der Waals surface area contributed by atoms with Crippen LogP contribution in [0.25, 0.3) is 22.2 Å². The highest BCUT2D eigenvalue weighted by molar-refractivity contribution is 7.89. The van der Waals surface area contributed by atoms with E-state index in [1.165, 1.54) is 6.26 Å². The third-order valence-electron chi connectivity index (χ3n) is 4.67. The molecule has 0 bridgehead atoms. The minimum absolute atomic E-state index is 0.0331. The molecule has 140 valence electrons. The van der Waals surface area contributed by atoms with Crippen molar-refractivity contribution >= 4 is 20.7 Å². The summed E-state index contributed by atoms with van der Waals surface area (Å²) in [4.78, 5) is 4.81. The number of hydrogen-bond donors (Lipinski definition) is 0. The van der Waals surface area contributed by atoms with Crippen molar-refractivity contribution in [2.45, 2.75) is 19.6 Å². The summed E-state index contributed by atoms with van der Waals surface area (Å²) in [7, 11) is -3.07. The lowest BCUT2D eigenvalue weighted by Gasteiger charge is -2.20. The van der Waals surface area contributed by atoms with Gasteiger partial charge in [-0.2, -0.15) is 0 Å². The van der Waals surface area contributed by atoms with Crippen LogP contribution in [0, 0.1) is 13.8 Å². The molecule has 0 fully saturated rings. The van der Waals surface area contributed by atoms with E-state index >= 15 is 0 Å². The third-order valence-corrected chi connectivity index (χ3v) is 5.53. The molecule has 0 spiro atoms. The molecule has 5 nitrogen and oxygen atoms in total. The topological polar surface area (TPSA) is 65.5 Å². The summed E-state index contributed by atoms with van der Waals surface area (Å²) >= 11 is 0. The molecule has 1 aliphatic heterocycles. The van der Waals surface area contributed by atoms with Crippen LogP contribution in [0.1, 0.15) is 16.7 Å². The van der Waals surface area contributed by atoms with E-state index in [4.69, 9.17) is 14.5 Å². The van der Waals surface area contributed by atoms with E-state index in [0.29, 0.717) is 13.2 Å². The zero-order valence-electron chi connectivity index (χ0n) is 15.6. The fourth-order valence-electron chi connectivity index (χ4n) is 3.44. The zero-order valence-corrected chi connectivity index (χ0v) is 16.4. The van der Waals surface area contributed by atoms with E-state index in [9.17, 15) is 8.42 Å². The van der Waals surface area contributed by atoms with E-state index in [1.54, 1.807) is 0 Å². The van der Waals surface area contributed by atoms with Crippen molar-refractivity contribution in [2.75, 3.05) is 19.5 Å². The standard InChI is InChI=1S/C21H21NO4S/c1-13-8-19(17-11-21-20(9-14(17)2)25-6-7-26-21)22-18-5-4-15(10-16(13)18)12-27(3,23)24/h4-5,8-11H,6-7,12H2,1-3H3. The summed E-state index contributed by atoms with van der Waals surface area (Å²) in [5.74, 6) is 1.54. The smallest absolute Gasteiger partial charge is 0.162 e. The molecular weight excluding hydrogens is 362 g/mol. The molecule has 0 amide bonds. The fraction of sp³-hybridized carbons (Fsp3) is 0.286. The fourth-order valence-corrected chi connectivity index (χ4v) is 4.22. The zero-order chi connectivity index (χ0) is 19.2. The van der Waals surface area contributed by atoms with Crippen molar-refractivity contribution in [1.82, 2.24) is 4.98 Å². The molecule has 1 aromatic heterocycles. The van der Waals surface area contributed by atoms with Crippen LogP contribution in [-0.2, 0) is 15.6 Å². The number of sulfone groups is 1. The average Bonchev–Trinajstić information content (AvgIpc) is 2.60. The van der Waals surface area contributed by atoms with Crippen LogP contribution in [0.3, 0.4) is 0 Å². The molecule has 6 heteroatoms. The monoisotopic (exact) mass is 383 g/mol. The van der Waals surface area contributed by atoms with Gasteiger partial charge in [-0.05, 0) is 60.9 Å². The van der Waals surface area contributed by atoms with Crippen molar-refractivity contribution in [3.63, 3.8) is 0 Å². The van der Waals surface area contributed by atoms with Crippen LogP contribution in [0.4, 0.5) is 0 Å². The first-order valence-electron chi connectivity index (χ1n) is 8.79. The average molecular weight is 383 g/mol. The second-order valence-corrected chi connectivity index (χ2v) is 9.20. The number of nitrogens with zero attached hydrogens (tertiary/aromatic N) is 1. The summed E-state index contributed by atoms with van der Waals surface area (Å²) in [6.45, 7) is 5.16. The van der Waals surface area contributed by atoms with Crippen molar-refractivity contribution in [2.24, 2.45) is 0 Å². The molecule has 0 unspecified atom stereocenters. The largest absolute Gasteiger partial charge is 0.486 e. The number of benzene rings is 2. The van der Waals surface area contributed by atoms with Gasteiger partial charge in [0.2, 0.25) is 0 Å². The summed E-state index contributed by atoms with van der Waals surface area (Å²) in [6.07, 6.45) is 1.25. The van der Waals surface area contributed by atoms with Crippen LogP contribution in [0.2, 0.25) is 0 Å². The lowest BCUT2D eigenvalue weighted by Crippen LogP contribution is -2.15. The minimum atomic E-state index is -3.07. The Bertz CT molecular complexity index is 1150. The predicted molar refractivity (Wildman–Crippen MR) is 106 cm³/mol. The van der Waals surface area contributed by atoms with Gasteiger partial charge in [-0.1, -0.05) is 6.07 Å². The summed E-state index contributed by atoms with van der Waals surface area (Å²) < 4.78 is 34.5. The Hall–Kier alpha value is -2.60. The van der Waals surface area contributed by atoms with Gasteiger partial charge in [-0.15, -0.1) is 0 Å². The second kappa shape index (κ2) is 6.53. The lowest BCUT2D eigenvalue weighted by molar-refractivity contribution is 0.171. The van der Waals surface area contributed by atoms with Crippen LogP contribution >= 0.6 is 0 Å². The number of ether oxygens (including phenoxy) is 2. The van der Waals surface area contributed by atoms with Crippen LogP contribution in [0.5, 0.6) is 11.5 Å². The molecule has 0 aliphatic carbocycles. The SMILES string of the molecule is Cc1cc2c(cc1-c1cc(C)c3cc(CS(C)(=O)=O)ccc3n1)OCCO2. The molecule has 0 saturated heterocycles. The normalized spacial score (nSPS) is 13.7. The maximum absolute atomic E-state index is 11.6. The third kappa shape index (κ3) is 3.62. The van der Waals surface area contributed by atoms with Gasteiger partial charge in [-0.3, -0.25) is 0 Å². The van der Waals surface area contributed by atoms with E-state index in [1.807, 2.05) is 50.2 Å². The number of aryl methyl sites for hydroxylation is 2. The maximum atomic E-state index is 11.6. The van der Waals surface area contributed by atoms with E-state index in [2.05, 4.69) is 0 Å². The van der Waals surface area contributed by atoms with Gasteiger partial charge >= 0.3 is 0 Å². The first-order valence-corrected chi connectivity index (χ1v) is 10.8. The molecule has 27 heavy (non-hydrogen) atoms. The molecule has 0 saturated carbocycles. The molecule has 0 atom stereocenters. The summed E-state index contributed by atoms with van der Waals surface area (Å²) in [6, 6.07) is 11.6. The van der Waals surface area contributed by atoms with Gasteiger partial charge < -0.3 is 9.47 Å². The Balaban J connectivity index is 1.81. The first-order chi connectivity index (χ1) is 12.8. The van der Waals surface area contributed by atoms with Gasteiger partial charge in [-0.25, -0.2) is 13.4 Å². The highest BCUT2D eigenvalue weighted by atomic mass is 32.2. The van der Waals surface area contributed by atoms with Crippen molar-refractivity contribution in [1.29, 1.82) is 0 Å². The van der Waals surface area contributed by atoms with Crippen LogP contribution in [-0.4, -0.2) is 32.9 Å². The van der Waals surface area contributed by atoms with Crippen molar-refractivity contribution < 1.29 is 17.9 Å². The Morgan fingerprint density at radius 1 is 0.963 bits per heavy atom. The predicted octanol–water partition coefficient (Wildman–Crippen LogP) is 3.83. The van der Waals surface area contributed by atoms with Gasteiger partial charge in [0.1, 0.15) is 13.2 Å². The van der Waals surface area contributed by atoms with Gasteiger partial charge in [0.05, 0.1) is 17.0 Å². The van der Waals surface area contributed by atoms with E-state index < -0.39 is 9.84 Å². The Morgan fingerprint density at radius 2 is 1.67 bits per heavy atom. The molecule has 3 aromatic rings. The number of hydrogen-bond acceptors (Lipinski definition) is 5. The molecule has 4 rings (SSSR count). The highest BCUT2D eigenvalue weighted by Gasteiger charge is 2.17. The molecule has 0 radical (unpaired) electrons. The van der Waals surface area contributed by atoms with Gasteiger partial charge in [0.25, 0.3) is 0 Å². The van der Waals surface area contributed by atoms with Crippen LogP contribution in [0.15, 0.2) is 36.4 Å². The number of fused-ring (bicyclic) bond motifs is 2. The minimum Gasteiger partial charge on any atom is -0.486 e. The van der Waals surface area contributed by atoms with Gasteiger partial charge in [0, 0.05) is 17.2 Å². The Morgan fingerprint density at radius 3 is 2.37 bits per heavy atom. The van der Waals surface area contributed by atoms with E-state index in [-0.39, 0.29) is 5.75 Å². The van der Waals surface area contributed by atoms with Crippen LogP contribution < -0.4 is 9.47 Å². The number of rotatable bonds is 3. The molecular formula is C21H21NO4S. The summed E-state index contributed by atoms with van der Waals surface area (Å²) in [5, 5.41) is 0.968. The first kappa shape index (κ1) is 17.8. The lowest BCUT2D eigenvalue weighted by atomic mass is 10.00. The highest BCUT2D eigenvalue weighted by Crippen LogP contribution is 2.37. The van der Waals surface area contributed by atoms with Crippen molar-refractivity contribution in [3.05, 3.63) is 53.1 Å². The molecule has 0 N–H and O–H groups in total. The quantitative estimate of drug-likeness (QED) is 0.688. The van der Waals surface area contributed by atoms with E-state index in [0.717, 1.165) is 50.3 Å². The maximum Gasteiger partial charge on any atom is 0.162 e. The summed E-state index contributed by atoms with van der Waals surface area (Å²) in [5.41, 5.74) is 5.61.